The number of amides is 2. The fourth-order valence-electron chi connectivity index (χ4n) is 2.26. The van der Waals surface area contributed by atoms with Crippen LogP contribution in [-0.4, -0.2) is 16.2 Å². The maximum Gasteiger partial charge on any atom is 0.346 e. The highest BCUT2D eigenvalue weighted by Gasteiger charge is 2.15. The number of nitrogens with zero attached hydrogens (tertiary/aromatic N) is 2. The summed E-state index contributed by atoms with van der Waals surface area (Å²) in [5, 5.41) is 15.3. The van der Waals surface area contributed by atoms with Crippen LogP contribution in [0.4, 0.5) is 10.5 Å². The van der Waals surface area contributed by atoms with E-state index < -0.39 is 6.03 Å². The van der Waals surface area contributed by atoms with Gasteiger partial charge in [-0.25, -0.2) is 4.79 Å². The standard InChI is InChI=1S/C17H15N3O2/c21-17(19-12-13-8-10-18-11-9-13)20(22)16-7-3-5-14-4-1-2-6-15(14)16/h1-11,22H,12H2,(H,19,21). The van der Waals surface area contributed by atoms with E-state index in [-0.39, 0.29) is 0 Å². The summed E-state index contributed by atoms with van der Waals surface area (Å²) in [6.07, 6.45) is 3.31. The van der Waals surface area contributed by atoms with Crippen LogP contribution >= 0.6 is 0 Å². The van der Waals surface area contributed by atoms with Gasteiger partial charge in [-0.2, -0.15) is 5.06 Å². The number of aromatic nitrogens is 1. The zero-order valence-corrected chi connectivity index (χ0v) is 11.8. The maximum atomic E-state index is 12.1. The van der Waals surface area contributed by atoms with Crippen LogP contribution in [0.25, 0.3) is 10.8 Å². The highest BCUT2D eigenvalue weighted by Crippen LogP contribution is 2.25. The Hall–Kier alpha value is -2.92. The quantitative estimate of drug-likeness (QED) is 0.575. The number of pyridine rings is 1. The number of rotatable bonds is 3. The van der Waals surface area contributed by atoms with Gasteiger partial charge in [0.1, 0.15) is 0 Å². The molecule has 22 heavy (non-hydrogen) atoms. The smallest absolute Gasteiger partial charge is 0.332 e. The monoisotopic (exact) mass is 293 g/mol. The molecule has 0 aliphatic heterocycles. The van der Waals surface area contributed by atoms with Gasteiger partial charge >= 0.3 is 6.03 Å². The summed E-state index contributed by atoms with van der Waals surface area (Å²) >= 11 is 0. The van der Waals surface area contributed by atoms with Gasteiger partial charge in [-0.3, -0.25) is 10.2 Å². The largest absolute Gasteiger partial charge is 0.346 e. The van der Waals surface area contributed by atoms with Gasteiger partial charge in [-0.1, -0.05) is 36.4 Å². The molecule has 0 radical (unpaired) electrons. The van der Waals surface area contributed by atoms with E-state index in [1.54, 1.807) is 36.7 Å². The van der Waals surface area contributed by atoms with Crippen LogP contribution in [0.15, 0.2) is 67.0 Å². The van der Waals surface area contributed by atoms with Crippen molar-refractivity contribution >= 4 is 22.5 Å². The fourth-order valence-corrected chi connectivity index (χ4v) is 2.26. The van der Waals surface area contributed by atoms with Crippen molar-refractivity contribution in [3.05, 3.63) is 72.6 Å². The topological polar surface area (TPSA) is 65.5 Å². The molecule has 0 fully saturated rings. The van der Waals surface area contributed by atoms with Crippen LogP contribution in [0.1, 0.15) is 5.56 Å². The van der Waals surface area contributed by atoms with Crippen LogP contribution < -0.4 is 10.4 Å². The maximum absolute atomic E-state index is 12.1. The third-order valence-electron chi connectivity index (χ3n) is 3.38. The van der Waals surface area contributed by atoms with Gasteiger partial charge in [0.2, 0.25) is 0 Å². The molecule has 0 saturated heterocycles. The zero-order valence-electron chi connectivity index (χ0n) is 11.8. The molecule has 5 nitrogen and oxygen atoms in total. The lowest BCUT2D eigenvalue weighted by Crippen LogP contribution is -2.37. The molecule has 5 heteroatoms. The van der Waals surface area contributed by atoms with Gasteiger partial charge in [0.05, 0.1) is 5.69 Å². The van der Waals surface area contributed by atoms with E-state index in [2.05, 4.69) is 10.3 Å². The first-order valence-corrected chi connectivity index (χ1v) is 6.89. The molecule has 0 aliphatic carbocycles. The Morgan fingerprint density at radius 2 is 1.77 bits per heavy atom. The number of hydrogen-bond acceptors (Lipinski definition) is 3. The average molecular weight is 293 g/mol. The van der Waals surface area contributed by atoms with Crippen LogP contribution in [-0.2, 0) is 6.54 Å². The Balaban J connectivity index is 1.77. The highest BCUT2D eigenvalue weighted by molar-refractivity contribution is 6.01. The Labute approximate surface area is 127 Å². The Morgan fingerprint density at radius 1 is 1.05 bits per heavy atom. The number of hydroxylamine groups is 1. The summed E-state index contributed by atoms with van der Waals surface area (Å²) in [6.45, 7) is 0.323. The number of anilines is 1. The Kier molecular flexibility index (Phi) is 3.98. The predicted molar refractivity (Wildman–Crippen MR) is 84.7 cm³/mol. The molecule has 0 saturated carbocycles. The van der Waals surface area contributed by atoms with E-state index in [0.717, 1.165) is 16.3 Å². The van der Waals surface area contributed by atoms with Gasteiger partial charge in [-0.15, -0.1) is 0 Å². The number of urea groups is 1. The molecule has 1 aromatic heterocycles. The van der Waals surface area contributed by atoms with Crippen LogP contribution in [0.5, 0.6) is 0 Å². The fraction of sp³-hybridized carbons (Fsp3) is 0.0588. The van der Waals surface area contributed by atoms with Gasteiger partial charge in [0, 0.05) is 24.3 Å². The molecule has 2 N–H and O–H groups in total. The van der Waals surface area contributed by atoms with Crippen LogP contribution in [0.2, 0.25) is 0 Å². The normalized spacial score (nSPS) is 10.4. The first-order chi connectivity index (χ1) is 10.8. The molecule has 0 spiro atoms. The van der Waals surface area contributed by atoms with Crippen molar-refractivity contribution in [2.45, 2.75) is 6.54 Å². The van der Waals surface area contributed by atoms with Gasteiger partial charge in [0.25, 0.3) is 0 Å². The lowest BCUT2D eigenvalue weighted by molar-refractivity contribution is 0.204. The number of benzene rings is 2. The first kappa shape index (κ1) is 14.0. The van der Waals surface area contributed by atoms with Gasteiger partial charge in [0.15, 0.2) is 0 Å². The van der Waals surface area contributed by atoms with Crippen molar-refractivity contribution in [1.82, 2.24) is 10.3 Å². The van der Waals surface area contributed by atoms with E-state index in [1.807, 2.05) is 30.3 Å². The van der Waals surface area contributed by atoms with Gasteiger partial charge < -0.3 is 5.32 Å². The summed E-state index contributed by atoms with van der Waals surface area (Å²) in [5.74, 6) is 0. The molecule has 110 valence electrons. The van der Waals surface area contributed by atoms with Crippen molar-refractivity contribution in [2.75, 3.05) is 5.06 Å². The molecular weight excluding hydrogens is 278 g/mol. The zero-order chi connectivity index (χ0) is 15.4. The average Bonchev–Trinajstić information content (AvgIpc) is 2.59. The summed E-state index contributed by atoms with van der Waals surface area (Å²) in [4.78, 5) is 16.0. The van der Waals surface area contributed by atoms with Gasteiger partial charge in [-0.05, 0) is 29.1 Å². The molecule has 0 bridgehead atoms. The molecule has 0 atom stereocenters. The SMILES string of the molecule is O=C(NCc1ccncc1)N(O)c1cccc2ccccc12. The molecule has 3 aromatic rings. The van der Waals surface area contributed by atoms with Crippen molar-refractivity contribution in [2.24, 2.45) is 0 Å². The van der Waals surface area contributed by atoms with E-state index in [1.165, 1.54) is 0 Å². The van der Waals surface area contributed by atoms with Crippen LogP contribution in [0.3, 0.4) is 0 Å². The number of hydrogen-bond donors (Lipinski definition) is 2. The van der Waals surface area contributed by atoms with Crippen molar-refractivity contribution in [1.29, 1.82) is 0 Å². The molecule has 1 heterocycles. The number of fused-ring (bicyclic) bond motifs is 1. The molecular formula is C17H15N3O2. The van der Waals surface area contributed by atoms with Crippen molar-refractivity contribution in [3.63, 3.8) is 0 Å². The van der Waals surface area contributed by atoms with Crippen molar-refractivity contribution in [3.8, 4) is 0 Å². The molecule has 0 unspecified atom stereocenters. The second-order valence-electron chi connectivity index (χ2n) is 4.82. The second-order valence-corrected chi connectivity index (χ2v) is 4.82. The third-order valence-corrected chi connectivity index (χ3v) is 3.38. The lowest BCUT2D eigenvalue weighted by atomic mass is 10.1. The summed E-state index contributed by atoms with van der Waals surface area (Å²) < 4.78 is 0. The molecule has 3 rings (SSSR count). The van der Waals surface area contributed by atoms with Crippen LogP contribution in [0, 0.1) is 0 Å². The van der Waals surface area contributed by atoms with E-state index >= 15 is 0 Å². The molecule has 0 aliphatic rings. The van der Waals surface area contributed by atoms with Crippen molar-refractivity contribution < 1.29 is 10.0 Å². The van der Waals surface area contributed by atoms with E-state index in [9.17, 15) is 10.0 Å². The highest BCUT2D eigenvalue weighted by atomic mass is 16.5. The predicted octanol–water partition coefficient (Wildman–Crippen LogP) is 3.34. The number of carbonyl (C=O) groups is 1. The summed E-state index contributed by atoms with van der Waals surface area (Å²) in [6, 6.07) is 16.1. The Bertz CT molecular complexity index is 785. The molecule has 2 aromatic carbocycles. The minimum Gasteiger partial charge on any atom is -0.332 e. The Morgan fingerprint density at radius 3 is 2.59 bits per heavy atom. The third kappa shape index (κ3) is 2.89. The second kappa shape index (κ2) is 6.24. The number of carbonyl (C=O) groups excluding carboxylic acids is 1. The summed E-state index contributed by atoms with van der Waals surface area (Å²) in [5.41, 5.74) is 1.36. The minimum absolute atomic E-state index is 0.323. The lowest BCUT2D eigenvalue weighted by Gasteiger charge is -2.17. The minimum atomic E-state index is -0.576. The number of nitrogens with one attached hydrogen (secondary N) is 1. The summed E-state index contributed by atoms with van der Waals surface area (Å²) in [7, 11) is 0. The molecule has 2 amide bonds. The first-order valence-electron chi connectivity index (χ1n) is 6.89. The van der Waals surface area contributed by atoms with E-state index in [0.29, 0.717) is 17.3 Å². The van der Waals surface area contributed by atoms with E-state index in [4.69, 9.17) is 0 Å².